The Hall–Kier alpha value is -2.08. The second-order valence-corrected chi connectivity index (χ2v) is 7.42. The first-order valence-electron chi connectivity index (χ1n) is 9.96. The molecule has 0 aliphatic carbocycles. The lowest BCUT2D eigenvalue weighted by molar-refractivity contribution is -0.145. The van der Waals surface area contributed by atoms with Crippen molar-refractivity contribution in [3.8, 4) is 5.75 Å². The number of nitrogens with zero attached hydrogens (tertiary/aromatic N) is 1. The Kier molecular flexibility index (Phi) is 6.72. The van der Waals surface area contributed by atoms with Gasteiger partial charge < -0.3 is 19.5 Å². The number of carboxylic acids is 1. The van der Waals surface area contributed by atoms with Crippen LogP contribution in [-0.4, -0.2) is 54.3 Å². The number of carbonyl (C=O) groups excluding carboxylic acids is 1. The lowest BCUT2D eigenvalue weighted by Gasteiger charge is -2.35. The van der Waals surface area contributed by atoms with Crippen LogP contribution in [0.4, 0.5) is 0 Å². The fraction of sp³-hybridized carbons (Fsp3) is 0.619. The molecule has 0 saturated carbocycles. The van der Waals surface area contributed by atoms with Crippen molar-refractivity contribution < 1.29 is 24.2 Å². The van der Waals surface area contributed by atoms with Crippen LogP contribution in [0.1, 0.15) is 49.4 Å². The van der Waals surface area contributed by atoms with Crippen LogP contribution in [0.15, 0.2) is 24.3 Å². The number of carboxylic acid groups (broad SMARTS) is 1. The third-order valence-electron chi connectivity index (χ3n) is 5.61. The molecular formula is C21H29NO5. The summed E-state index contributed by atoms with van der Waals surface area (Å²) in [5.74, 6) is -0.144. The van der Waals surface area contributed by atoms with Gasteiger partial charge in [-0.2, -0.15) is 0 Å². The Balaban J connectivity index is 1.51. The van der Waals surface area contributed by atoms with Gasteiger partial charge >= 0.3 is 5.97 Å². The van der Waals surface area contributed by atoms with Crippen molar-refractivity contribution in [2.24, 2.45) is 11.8 Å². The molecule has 1 amide bonds. The molecule has 2 aliphatic heterocycles. The quantitative estimate of drug-likeness (QED) is 0.741. The predicted molar refractivity (Wildman–Crippen MR) is 101 cm³/mol. The molecular weight excluding hydrogens is 346 g/mol. The average molecular weight is 375 g/mol. The van der Waals surface area contributed by atoms with Crippen LogP contribution in [0, 0.1) is 11.8 Å². The number of hydrogen-bond acceptors (Lipinski definition) is 4. The van der Waals surface area contributed by atoms with E-state index in [-0.39, 0.29) is 17.9 Å². The zero-order chi connectivity index (χ0) is 19.2. The molecule has 6 heteroatoms. The standard InChI is InChI=1S/C21H29NO5/c1-2-3-13-26-17-6-4-16(5-7-17)20(23)22-11-8-15(9-12-22)19-18(21(24)25)10-14-27-19/h4-7,15,18-19H,2-3,8-14H2,1H3,(H,24,25)/t18?,19-/m0/s1. The third-order valence-corrected chi connectivity index (χ3v) is 5.61. The summed E-state index contributed by atoms with van der Waals surface area (Å²) in [7, 11) is 0. The Bertz CT molecular complexity index is 636. The highest BCUT2D eigenvalue weighted by atomic mass is 16.5. The number of benzene rings is 1. The van der Waals surface area contributed by atoms with Crippen LogP contribution < -0.4 is 4.74 Å². The maximum absolute atomic E-state index is 12.7. The molecule has 1 N–H and O–H groups in total. The molecule has 148 valence electrons. The number of aliphatic carboxylic acids is 1. The van der Waals surface area contributed by atoms with E-state index in [1.807, 2.05) is 29.2 Å². The molecule has 2 atom stereocenters. The molecule has 2 aliphatic rings. The van der Waals surface area contributed by atoms with Crippen LogP contribution in [0.5, 0.6) is 5.75 Å². The van der Waals surface area contributed by atoms with Crippen LogP contribution >= 0.6 is 0 Å². The van der Waals surface area contributed by atoms with Crippen LogP contribution in [0.2, 0.25) is 0 Å². The van der Waals surface area contributed by atoms with Gasteiger partial charge in [0.1, 0.15) is 5.75 Å². The van der Waals surface area contributed by atoms with Gasteiger partial charge in [0.15, 0.2) is 0 Å². The molecule has 0 aromatic heterocycles. The minimum absolute atomic E-state index is 0.0238. The molecule has 3 rings (SSSR count). The highest BCUT2D eigenvalue weighted by Gasteiger charge is 2.40. The fourth-order valence-electron chi connectivity index (χ4n) is 3.98. The second kappa shape index (κ2) is 9.22. The van der Waals surface area contributed by atoms with Gasteiger partial charge in [-0.3, -0.25) is 9.59 Å². The van der Waals surface area contributed by atoms with E-state index in [4.69, 9.17) is 9.47 Å². The number of likely N-dealkylation sites (tertiary alicyclic amines) is 1. The Morgan fingerprint density at radius 2 is 1.89 bits per heavy atom. The fourth-order valence-corrected chi connectivity index (χ4v) is 3.98. The molecule has 1 unspecified atom stereocenters. The summed E-state index contributed by atoms with van der Waals surface area (Å²) in [6.45, 7) is 4.62. The number of ether oxygens (including phenoxy) is 2. The van der Waals surface area contributed by atoms with Crippen molar-refractivity contribution in [2.45, 2.75) is 45.1 Å². The van der Waals surface area contributed by atoms with Gasteiger partial charge in [-0.1, -0.05) is 13.3 Å². The van der Waals surface area contributed by atoms with E-state index in [0.717, 1.165) is 31.4 Å². The van der Waals surface area contributed by atoms with E-state index in [0.29, 0.717) is 38.3 Å². The smallest absolute Gasteiger partial charge is 0.309 e. The molecule has 0 spiro atoms. The first kappa shape index (κ1) is 19.7. The molecule has 2 saturated heterocycles. The summed E-state index contributed by atoms with van der Waals surface area (Å²) in [6.07, 6.45) is 4.07. The summed E-state index contributed by atoms with van der Waals surface area (Å²) in [5.41, 5.74) is 0.664. The number of amides is 1. The molecule has 0 radical (unpaired) electrons. The normalized spacial score (nSPS) is 23.4. The second-order valence-electron chi connectivity index (χ2n) is 7.42. The van der Waals surface area contributed by atoms with Gasteiger partial charge in [0, 0.05) is 25.3 Å². The SMILES string of the molecule is CCCCOc1ccc(C(=O)N2CCC([C@@H]3OCCC3C(=O)O)CC2)cc1. The van der Waals surface area contributed by atoms with Crippen molar-refractivity contribution in [1.29, 1.82) is 0 Å². The van der Waals surface area contributed by atoms with Crippen LogP contribution in [-0.2, 0) is 9.53 Å². The Morgan fingerprint density at radius 1 is 1.19 bits per heavy atom. The summed E-state index contributed by atoms with van der Waals surface area (Å²) >= 11 is 0. The molecule has 1 aromatic rings. The van der Waals surface area contributed by atoms with Crippen LogP contribution in [0.25, 0.3) is 0 Å². The van der Waals surface area contributed by atoms with Gasteiger partial charge in [0.25, 0.3) is 5.91 Å². The van der Waals surface area contributed by atoms with Crippen molar-refractivity contribution in [3.63, 3.8) is 0 Å². The van der Waals surface area contributed by atoms with E-state index in [2.05, 4.69) is 6.92 Å². The first-order valence-corrected chi connectivity index (χ1v) is 9.96. The monoisotopic (exact) mass is 375 g/mol. The Labute approximate surface area is 160 Å². The summed E-state index contributed by atoms with van der Waals surface area (Å²) in [4.78, 5) is 26.0. The third kappa shape index (κ3) is 4.80. The summed E-state index contributed by atoms with van der Waals surface area (Å²) < 4.78 is 11.3. The number of rotatable bonds is 7. The predicted octanol–water partition coefficient (Wildman–Crippen LogP) is 3.21. The lowest BCUT2D eigenvalue weighted by Crippen LogP contribution is -2.43. The molecule has 2 heterocycles. The van der Waals surface area contributed by atoms with E-state index >= 15 is 0 Å². The van der Waals surface area contributed by atoms with Gasteiger partial charge in [0.05, 0.1) is 18.6 Å². The summed E-state index contributed by atoms with van der Waals surface area (Å²) in [6, 6.07) is 7.32. The maximum atomic E-state index is 12.7. The molecule has 1 aromatic carbocycles. The Morgan fingerprint density at radius 3 is 2.52 bits per heavy atom. The summed E-state index contributed by atoms with van der Waals surface area (Å²) in [5, 5.41) is 9.34. The minimum atomic E-state index is -0.766. The van der Waals surface area contributed by atoms with E-state index in [1.165, 1.54) is 0 Å². The molecule has 2 fully saturated rings. The van der Waals surface area contributed by atoms with Crippen molar-refractivity contribution >= 4 is 11.9 Å². The highest BCUT2D eigenvalue weighted by Crippen LogP contribution is 2.33. The van der Waals surface area contributed by atoms with E-state index < -0.39 is 11.9 Å². The number of hydrogen-bond donors (Lipinski definition) is 1. The maximum Gasteiger partial charge on any atom is 0.309 e. The van der Waals surface area contributed by atoms with E-state index in [1.54, 1.807) is 0 Å². The van der Waals surface area contributed by atoms with Gasteiger partial charge in [-0.25, -0.2) is 0 Å². The zero-order valence-corrected chi connectivity index (χ0v) is 15.9. The van der Waals surface area contributed by atoms with Crippen molar-refractivity contribution in [1.82, 2.24) is 4.90 Å². The molecule has 27 heavy (non-hydrogen) atoms. The largest absolute Gasteiger partial charge is 0.494 e. The number of carbonyl (C=O) groups is 2. The zero-order valence-electron chi connectivity index (χ0n) is 15.9. The number of piperidine rings is 1. The van der Waals surface area contributed by atoms with Crippen LogP contribution in [0.3, 0.4) is 0 Å². The van der Waals surface area contributed by atoms with Gasteiger partial charge in [0.2, 0.25) is 0 Å². The van der Waals surface area contributed by atoms with Crippen molar-refractivity contribution in [3.05, 3.63) is 29.8 Å². The van der Waals surface area contributed by atoms with Crippen molar-refractivity contribution in [2.75, 3.05) is 26.3 Å². The molecule has 6 nitrogen and oxygen atoms in total. The lowest BCUT2D eigenvalue weighted by atomic mass is 9.84. The highest BCUT2D eigenvalue weighted by molar-refractivity contribution is 5.94. The number of unbranched alkanes of at least 4 members (excludes halogenated alkanes) is 1. The van der Waals surface area contributed by atoms with E-state index in [9.17, 15) is 14.7 Å². The van der Waals surface area contributed by atoms with Gasteiger partial charge in [-0.15, -0.1) is 0 Å². The average Bonchev–Trinajstić information content (AvgIpc) is 3.19. The topological polar surface area (TPSA) is 76.1 Å². The minimum Gasteiger partial charge on any atom is -0.494 e. The van der Waals surface area contributed by atoms with Gasteiger partial charge in [-0.05, 0) is 55.9 Å². The first-order chi connectivity index (χ1) is 13.1. The molecule has 0 bridgehead atoms.